The summed E-state index contributed by atoms with van der Waals surface area (Å²) in [6.45, 7) is 8.02. The number of rotatable bonds is 9. The predicted molar refractivity (Wildman–Crippen MR) is 119 cm³/mol. The molecule has 0 spiro atoms. The number of nitrogens with one attached hydrogen (secondary N) is 2. The Labute approximate surface area is 174 Å². The molecule has 5 heteroatoms. The Kier molecular flexibility index (Phi) is 8.40. The summed E-state index contributed by atoms with van der Waals surface area (Å²) in [6.07, 6.45) is 1.85. The van der Waals surface area contributed by atoms with Gasteiger partial charge in [-0.1, -0.05) is 61.9 Å². The second-order valence-corrected chi connectivity index (χ2v) is 7.67. The molecule has 0 fully saturated rings. The lowest BCUT2D eigenvalue weighted by atomic mass is 10.0. The van der Waals surface area contributed by atoms with Crippen molar-refractivity contribution in [2.75, 3.05) is 18.9 Å². The lowest BCUT2D eigenvalue weighted by Crippen LogP contribution is -2.46. The fourth-order valence-corrected chi connectivity index (χ4v) is 3.34. The SMILES string of the molecule is CCC[C@H](NC(=O)[C@@H](C)N(C)CC(=O)Nc1c(C)cccc1C)c1ccccc1. The van der Waals surface area contributed by atoms with Gasteiger partial charge in [0.05, 0.1) is 18.6 Å². The molecule has 0 heterocycles. The van der Waals surface area contributed by atoms with Crippen molar-refractivity contribution in [2.24, 2.45) is 0 Å². The van der Waals surface area contributed by atoms with Crippen LogP contribution in [-0.2, 0) is 9.59 Å². The van der Waals surface area contributed by atoms with Gasteiger partial charge in [-0.15, -0.1) is 0 Å². The second-order valence-electron chi connectivity index (χ2n) is 7.67. The Bertz CT molecular complexity index is 800. The number of para-hydroxylation sites is 1. The van der Waals surface area contributed by atoms with Crippen LogP contribution in [-0.4, -0.2) is 36.3 Å². The highest BCUT2D eigenvalue weighted by molar-refractivity contribution is 5.94. The van der Waals surface area contributed by atoms with E-state index >= 15 is 0 Å². The molecule has 156 valence electrons. The van der Waals surface area contributed by atoms with E-state index in [1.807, 2.05) is 69.3 Å². The first-order valence-corrected chi connectivity index (χ1v) is 10.2. The number of carbonyl (C=O) groups excluding carboxylic acids is 2. The van der Waals surface area contributed by atoms with Crippen molar-refractivity contribution in [1.29, 1.82) is 0 Å². The van der Waals surface area contributed by atoms with E-state index in [0.717, 1.165) is 35.2 Å². The van der Waals surface area contributed by atoms with Gasteiger partial charge in [-0.3, -0.25) is 14.5 Å². The summed E-state index contributed by atoms with van der Waals surface area (Å²) in [5, 5.41) is 6.12. The molecule has 0 saturated heterocycles. The standard InChI is InChI=1S/C24H33N3O2/c1-6-11-21(20-14-8-7-9-15-20)25-24(29)19(4)27(5)16-22(28)26-23-17(2)12-10-13-18(23)3/h7-10,12-15,19,21H,6,11,16H2,1-5H3,(H,25,29)(H,26,28)/t19-,21+/m1/s1. The number of likely N-dealkylation sites (N-methyl/N-ethyl adjacent to an activating group) is 1. The maximum absolute atomic E-state index is 12.8. The monoisotopic (exact) mass is 395 g/mol. The van der Waals surface area contributed by atoms with Crippen molar-refractivity contribution in [3.05, 3.63) is 65.2 Å². The third-order valence-electron chi connectivity index (χ3n) is 5.27. The lowest BCUT2D eigenvalue weighted by Gasteiger charge is -2.26. The van der Waals surface area contributed by atoms with Gasteiger partial charge < -0.3 is 10.6 Å². The molecule has 0 bridgehead atoms. The molecule has 2 N–H and O–H groups in total. The third kappa shape index (κ3) is 6.43. The highest BCUT2D eigenvalue weighted by atomic mass is 16.2. The van der Waals surface area contributed by atoms with Crippen molar-refractivity contribution in [3.63, 3.8) is 0 Å². The van der Waals surface area contributed by atoms with E-state index < -0.39 is 6.04 Å². The Morgan fingerprint density at radius 3 is 2.21 bits per heavy atom. The summed E-state index contributed by atoms with van der Waals surface area (Å²) in [4.78, 5) is 27.1. The summed E-state index contributed by atoms with van der Waals surface area (Å²) in [5.41, 5.74) is 3.99. The molecule has 2 aromatic carbocycles. The summed E-state index contributed by atoms with van der Waals surface area (Å²) < 4.78 is 0. The molecule has 2 atom stereocenters. The Balaban J connectivity index is 1.96. The molecule has 0 aliphatic rings. The minimum Gasteiger partial charge on any atom is -0.348 e. The number of anilines is 1. The summed E-state index contributed by atoms with van der Waals surface area (Å²) in [6, 6.07) is 15.5. The topological polar surface area (TPSA) is 61.4 Å². The minimum atomic E-state index is -0.415. The Morgan fingerprint density at radius 1 is 1.00 bits per heavy atom. The normalized spacial score (nSPS) is 13.0. The molecule has 0 aromatic heterocycles. The first-order chi connectivity index (χ1) is 13.8. The largest absolute Gasteiger partial charge is 0.348 e. The van der Waals surface area contributed by atoms with Crippen molar-refractivity contribution in [3.8, 4) is 0 Å². The van der Waals surface area contributed by atoms with E-state index in [1.165, 1.54) is 0 Å². The molecule has 0 aliphatic carbocycles. The quantitative estimate of drug-likeness (QED) is 0.668. The average Bonchev–Trinajstić information content (AvgIpc) is 2.70. The van der Waals surface area contributed by atoms with Gasteiger partial charge in [-0.2, -0.15) is 0 Å². The van der Waals surface area contributed by atoms with E-state index in [-0.39, 0.29) is 24.4 Å². The molecular weight excluding hydrogens is 362 g/mol. The van der Waals surface area contributed by atoms with Crippen molar-refractivity contribution < 1.29 is 9.59 Å². The molecule has 2 amide bonds. The van der Waals surface area contributed by atoms with Gasteiger partial charge in [-0.05, 0) is 50.9 Å². The average molecular weight is 396 g/mol. The summed E-state index contributed by atoms with van der Waals surface area (Å²) in [7, 11) is 1.80. The van der Waals surface area contributed by atoms with E-state index in [0.29, 0.717) is 0 Å². The number of aryl methyl sites for hydroxylation is 2. The number of hydrogen-bond acceptors (Lipinski definition) is 3. The van der Waals surface area contributed by atoms with E-state index in [4.69, 9.17) is 0 Å². The van der Waals surface area contributed by atoms with Crippen LogP contribution >= 0.6 is 0 Å². The van der Waals surface area contributed by atoms with Gasteiger partial charge in [0.1, 0.15) is 0 Å². The van der Waals surface area contributed by atoms with Crippen LogP contribution in [0.4, 0.5) is 5.69 Å². The second kappa shape index (κ2) is 10.8. The zero-order chi connectivity index (χ0) is 21.4. The molecule has 29 heavy (non-hydrogen) atoms. The number of nitrogens with zero attached hydrogens (tertiary/aromatic N) is 1. The predicted octanol–water partition coefficient (Wildman–Crippen LogP) is 4.22. The number of carbonyl (C=O) groups is 2. The van der Waals surface area contributed by atoms with Gasteiger partial charge in [-0.25, -0.2) is 0 Å². The molecule has 2 aromatic rings. The fraction of sp³-hybridized carbons (Fsp3) is 0.417. The first-order valence-electron chi connectivity index (χ1n) is 10.2. The molecule has 0 aliphatic heterocycles. The molecule has 0 radical (unpaired) electrons. The van der Waals surface area contributed by atoms with Crippen LogP contribution in [0.2, 0.25) is 0 Å². The van der Waals surface area contributed by atoms with Crippen molar-refractivity contribution >= 4 is 17.5 Å². The highest BCUT2D eigenvalue weighted by Crippen LogP contribution is 2.20. The van der Waals surface area contributed by atoms with Crippen LogP contribution in [0.15, 0.2) is 48.5 Å². The van der Waals surface area contributed by atoms with Gasteiger partial charge in [0.25, 0.3) is 0 Å². The molecule has 0 unspecified atom stereocenters. The van der Waals surface area contributed by atoms with Crippen LogP contribution in [0.25, 0.3) is 0 Å². The van der Waals surface area contributed by atoms with Crippen LogP contribution in [0, 0.1) is 13.8 Å². The van der Waals surface area contributed by atoms with Gasteiger partial charge in [0.2, 0.25) is 11.8 Å². The van der Waals surface area contributed by atoms with Crippen molar-refractivity contribution in [1.82, 2.24) is 10.2 Å². The van der Waals surface area contributed by atoms with Gasteiger partial charge in [0, 0.05) is 5.69 Å². The van der Waals surface area contributed by atoms with Crippen LogP contribution in [0.5, 0.6) is 0 Å². The fourth-order valence-electron chi connectivity index (χ4n) is 3.34. The maximum Gasteiger partial charge on any atom is 0.238 e. The van der Waals surface area contributed by atoms with E-state index in [2.05, 4.69) is 17.6 Å². The van der Waals surface area contributed by atoms with E-state index in [9.17, 15) is 9.59 Å². The third-order valence-corrected chi connectivity index (χ3v) is 5.27. The number of amides is 2. The number of benzene rings is 2. The van der Waals surface area contributed by atoms with Crippen LogP contribution < -0.4 is 10.6 Å². The summed E-state index contributed by atoms with van der Waals surface area (Å²) >= 11 is 0. The Morgan fingerprint density at radius 2 is 1.62 bits per heavy atom. The lowest BCUT2D eigenvalue weighted by molar-refractivity contribution is -0.127. The zero-order valence-electron chi connectivity index (χ0n) is 18.2. The molecular formula is C24H33N3O2. The Hall–Kier alpha value is -2.66. The maximum atomic E-state index is 12.8. The van der Waals surface area contributed by atoms with Crippen LogP contribution in [0.3, 0.4) is 0 Å². The van der Waals surface area contributed by atoms with Crippen LogP contribution in [0.1, 0.15) is 49.4 Å². The van der Waals surface area contributed by atoms with Gasteiger partial charge in [0.15, 0.2) is 0 Å². The number of hydrogen-bond donors (Lipinski definition) is 2. The van der Waals surface area contributed by atoms with E-state index in [1.54, 1.807) is 11.9 Å². The minimum absolute atomic E-state index is 0.0204. The zero-order valence-corrected chi connectivity index (χ0v) is 18.2. The first kappa shape index (κ1) is 22.6. The highest BCUT2D eigenvalue weighted by Gasteiger charge is 2.23. The van der Waals surface area contributed by atoms with Crippen molar-refractivity contribution in [2.45, 2.75) is 52.6 Å². The smallest absolute Gasteiger partial charge is 0.238 e. The molecule has 2 rings (SSSR count). The summed E-state index contributed by atoms with van der Waals surface area (Å²) in [5.74, 6) is -0.201. The molecule has 5 nitrogen and oxygen atoms in total. The van der Waals surface area contributed by atoms with Gasteiger partial charge >= 0.3 is 0 Å². The molecule has 0 saturated carbocycles.